The van der Waals surface area contributed by atoms with Gasteiger partial charge in [0.15, 0.2) is 0 Å². The van der Waals surface area contributed by atoms with E-state index in [2.05, 4.69) is 4.98 Å². The highest BCUT2D eigenvalue weighted by molar-refractivity contribution is 6.38. The Kier molecular flexibility index (Phi) is 3.71. The molecule has 0 aliphatic heterocycles. The van der Waals surface area contributed by atoms with Gasteiger partial charge in [0, 0.05) is 28.9 Å². The van der Waals surface area contributed by atoms with Crippen LogP contribution in [0.1, 0.15) is 0 Å². The summed E-state index contributed by atoms with van der Waals surface area (Å²) in [4.78, 5) is 8.81. The molecule has 4 rings (SSSR count). The molecule has 2 nitrogen and oxygen atoms in total. The Morgan fingerprint density at radius 3 is 2.33 bits per heavy atom. The zero-order valence-corrected chi connectivity index (χ0v) is 13.3. The summed E-state index contributed by atoms with van der Waals surface area (Å²) in [6.07, 6.45) is 3.41. The highest BCUT2D eigenvalue weighted by Gasteiger charge is 2.17. The van der Waals surface area contributed by atoms with Crippen LogP contribution in [0.5, 0.6) is 0 Å². The highest BCUT2D eigenvalue weighted by Crippen LogP contribution is 2.40. The molecular formula is C20H12ClFN2. The molecule has 2 aromatic carbocycles. The third-order valence-corrected chi connectivity index (χ3v) is 4.29. The fourth-order valence-electron chi connectivity index (χ4n) is 2.78. The number of benzene rings is 2. The Hall–Kier alpha value is -2.78. The van der Waals surface area contributed by atoms with Crippen LogP contribution in [-0.4, -0.2) is 9.97 Å². The largest absolute Gasteiger partial charge is 0.265 e. The Labute approximate surface area is 143 Å². The third-order valence-electron chi connectivity index (χ3n) is 3.90. The molecule has 0 saturated carbocycles. The van der Waals surface area contributed by atoms with Crippen LogP contribution in [0.4, 0.5) is 4.39 Å². The van der Waals surface area contributed by atoms with Gasteiger partial charge in [-0.25, -0.2) is 9.37 Å². The van der Waals surface area contributed by atoms with Crippen molar-refractivity contribution in [2.75, 3.05) is 0 Å². The summed E-state index contributed by atoms with van der Waals surface area (Å²) >= 11 is 6.68. The predicted molar refractivity (Wildman–Crippen MR) is 95.4 cm³/mol. The average molecular weight is 335 g/mol. The molecule has 2 aromatic heterocycles. The maximum Gasteiger partial charge on any atom is 0.124 e. The smallest absolute Gasteiger partial charge is 0.124 e. The van der Waals surface area contributed by atoms with Crippen LogP contribution < -0.4 is 0 Å². The molecule has 0 atom stereocenters. The van der Waals surface area contributed by atoms with Gasteiger partial charge in [0.05, 0.1) is 16.2 Å². The van der Waals surface area contributed by atoms with E-state index in [1.54, 1.807) is 18.5 Å². The molecule has 4 heteroatoms. The fourth-order valence-corrected chi connectivity index (χ4v) is 3.13. The van der Waals surface area contributed by atoms with E-state index < -0.39 is 0 Å². The fraction of sp³-hybridized carbons (Fsp3) is 0. The first-order valence-corrected chi connectivity index (χ1v) is 7.86. The van der Waals surface area contributed by atoms with Crippen molar-refractivity contribution in [2.24, 2.45) is 0 Å². The van der Waals surface area contributed by atoms with Gasteiger partial charge in [0.2, 0.25) is 0 Å². The molecular weight excluding hydrogens is 323 g/mol. The lowest BCUT2D eigenvalue weighted by atomic mass is 9.98. The monoisotopic (exact) mass is 334 g/mol. The number of rotatable bonds is 2. The first-order chi connectivity index (χ1) is 11.7. The van der Waals surface area contributed by atoms with Gasteiger partial charge < -0.3 is 0 Å². The van der Waals surface area contributed by atoms with Crippen LogP contribution in [0.2, 0.25) is 5.02 Å². The van der Waals surface area contributed by atoms with E-state index in [0.717, 1.165) is 22.4 Å². The number of fused-ring (bicyclic) bond motifs is 1. The number of pyridine rings is 2. The van der Waals surface area contributed by atoms with Gasteiger partial charge in [-0.15, -0.1) is 0 Å². The van der Waals surface area contributed by atoms with E-state index in [1.165, 1.54) is 12.1 Å². The van der Waals surface area contributed by atoms with Gasteiger partial charge in [-0.3, -0.25) is 4.98 Å². The quantitative estimate of drug-likeness (QED) is 0.466. The molecule has 0 aliphatic carbocycles. The van der Waals surface area contributed by atoms with Gasteiger partial charge in [0.25, 0.3) is 0 Å². The molecule has 0 fully saturated rings. The van der Waals surface area contributed by atoms with Crippen LogP contribution in [0, 0.1) is 5.82 Å². The van der Waals surface area contributed by atoms with Crippen molar-refractivity contribution in [1.29, 1.82) is 0 Å². The van der Waals surface area contributed by atoms with E-state index in [9.17, 15) is 4.39 Å². The molecule has 0 saturated heterocycles. The van der Waals surface area contributed by atoms with Crippen molar-refractivity contribution >= 4 is 22.5 Å². The maximum absolute atomic E-state index is 13.7. The minimum absolute atomic E-state index is 0.334. The second-order valence-corrected chi connectivity index (χ2v) is 5.79. The average Bonchev–Trinajstić information content (AvgIpc) is 2.63. The standard InChI is InChI=1S/C20H12ClFN2/c21-19-16-12-15(22)6-7-17(16)24-20(14-4-2-1-3-5-14)18(19)13-8-10-23-11-9-13/h1-12H. The molecule has 4 aromatic rings. The summed E-state index contributed by atoms with van der Waals surface area (Å²) in [5.74, 6) is -0.334. The first kappa shape index (κ1) is 14.8. The molecule has 0 N–H and O–H groups in total. The van der Waals surface area contributed by atoms with Crippen LogP contribution in [0.3, 0.4) is 0 Å². The summed E-state index contributed by atoms with van der Waals surface area (Å²) in [7, 11) is 0. The first-order valence-electron chi connectivity index (χ1n) is 7.48. The Balaban J connectivity index is 2.12. The lowest BCUT2D eigenvalue weighted by Gasteiger charge is -2.14. The Morgan fingerprint density at radius 1 is 0.833 bits per heavy atom. The van der Waals surface area contributed by atoms with Crippen molar-refractivity contribution in [3.63, 3.8) is 0 Å². The van der Waals surface area contributed by atoms with E-state index >= 15 is 0 Å². The normalized spacial score (nSPS) is 10.9. The zero-order chi connectivity index (χ0) is 16.5. The number of hydrogen-bond acceptors (Lipinski definition) is 2. The zero-order valence-electron chi connectivity index (χ0n) is 12.6. The van der Waals surface area contributed by atoms with Gasteiger partial charge in [-0.2, -0.15) is 0 Å². The molecule has 116 valence electrons. The number of hydrogen-bond donors (Lipinski definition) is 0. The highest BCUT2D eigenvalue weighted by atomic mass is 35.5. The maximum atomic E-state index is 13.7. The molecule has 2 heterocycles. The van der Waals surface area contributed by atoms with E-state index in [4.69, 9.17) is 16.6 Å². The minimum atomic E-state index is -0.334. The van der Waals surface area contributed by atoms with Crippen LogP contribution in [-0.2, 0) is 0 Å². The SMILES string of the molecule is Fc1ccc2nc(-c3ccccc3)c(-c3ccncc3)c(Cl)c2c1. The molecule has 0 bridgehead atoms. The van der Waals surface area contributed by atoms with Crippen molar-refractivity contribution in [1.82, 2.24) is 9.97 Å². The van der Waals surface area contributed by atoms with Crippen molar-refractivity contribution in [3.05, 3.63) is 83.9 Å². The van der Waals surface area contributed by atoms with Crippen molar-refractivity contribution < 1.29 is 4.39 Å². The van der Waals surface area contributed by atoms with Gasteiger partial charge >= 0.3 is 0 Å². The van der Waals surface area contributed by atoms with Crippen LogP contribution >= 0.6 is 11.6 Å². The number of halogens is 2. The van der Waals surface area contributed by atoms with Crippen molar-refractivity contribution in [3.8, 4) is 22.4 Å². The summed E-state index contributed by atoms with van der Waals surface area (Å²) < 4.78 is 13.7. The predicted octanol–water partition coefficient (Wildman–Crippen LogP) is 5.76. The van der Waals surface area contributed by atoms with Crippen molar-refractivity contribution in [2.45, 2.75) is 0 Å². The lowest BCUT2D eigenvalue weighted by molar-refractivity contribution is 0.629. The number of nitrogens with zero attached hydrogens (tertiary/aromatic N) is 2. The second-order valence-electron chi connectivity index (χ2n) is 5.41. The Bertz CT molecular complexity index is 1020. The third kappa shape index (κ3) is 2.53. The molecule has 0 unspecified atom stereocenters. The molecule has 24 heavy (non-hydrogen) atoms. The van der Waals surface area contributed by atoms with E-state index in [0.29, 0.717) is 15.9 Å². The molecule has 0 radical (unpaired) electrons. The topological polar surface area (TPSA) is 25.8 Å². The lowest BCUT2D eigenvalue weighted by Crippen LogP contribution is -1.94. The van der Waals surface area contributed by atoms with Gasteiger partial charge in [0.1, 0.15) is 5.82 Å². The van der Waals surface area contributed by atoms with Crippen LogP contribution in [0.15, 0.2) is 73.1 Å². The molecule has 0 aliphatic rings. The van der Waals surface area contributed by atoms with Crippen LogP contribution in [0.25, 0.3) is 33.3 Å². The summed E-state index contributed by atoms with van der Waals surface area (Å²) in [5, 5.41) is 1.09. The number of aromatic nitrogens is 2. The summed E-state index contributed by atoms with van der Waals surface area (Å²) in [5.41, 5.74) is 4.07. The molecule has 0 spiro atoms. The Morgan fingerprint density at radius 2 is 1.58 bits per heavy atom. The van der Waals surface area contributed by atoms with Gasteiger partial charge in [-0.05, 0) is 35.9 Å². The molecule has 0 amide bonds. The second kappa shape index (κ2) is 6.02. The minimum Gasteiger partial charge on any atom is -0.265 e. The summed E-state index contributed by atoms with van der Waals surface area (Å²) in [6.45, 7) is 0. The van der Waals surface area contributed by atoms with E-state index in [1.807, 2.05) is 42.5 Å². The van der Waals surface area contributed by atoms with Gasteiger partial charge in [-0.1, -0.05) is 41.9 Å². The summed E-state index contributed by atoms with van der Waals surface area (Å²) in [6, 6.07) is 18.0. The van der Waals surface area contributed by atoms with E-state index in [-0.39, 0.29) is 5.82 Å².